The standard InChI is InChI=1S/C11H25N3O/c1-5-7-8-14(6-2)9-11(3,13-4)10(12)15/h13H,5-9H2,1-4H3,(H2,12,15). The van der Waals surface area contributed by atoms with Crippen molar-refractivity contribution in [3.05, 3.63) is 0 Å². The van der Waals surface area contributed by atoms with Crippen molar-refractivity contribution < 1.29 is 4.79 Å². The van der Waals surface area contributed by atoms with Gasteiger partial charge in [-0.1, -0.05) is 20.3 Å². The minimum absolute atomic E-state index is 0.292. The SMILES string of the molecule is CCCCN(CC)CC(C)(NC)C(N)=O. The van der Waals surface area contributed by atoms with Crippen LogP contribution in [0.1, 0.15) is 33.6 Å². The maximum absolute atomic E-state index is 11.3. The van der Waals surface area contributed by atoms with Crippen LogP contribution in [0.2, 0.25) is 0 Å². The number of primary amides is 1. The van der Waals surface area contributed by atoms with E-state index in [2.05, 4.69) is 24.1 Å². The minimum atomic E-state index is -0.621. The molecule has 1 unspecified atom stereocenters. The highest BCUT2D eigenvalue weighted by molar-refractivity contribution is 5.84. The Labute approximate surface area is 93.2 Å². The molecule has 0 aromatic heterocycles. The third kappa shape index (κ3) is 4.62. The summed E-state index contributed by atoms with van der Waals surface area (Å²) >= 11 is 0. The number of nitrogens with zero attached hydrogens (tertiary/aromatic N) is 1. The van der Waals surface area contributed by atoms with Gasteiger partial charge in [-0.3, -0.25) is 4.79 Å². The van der Waals surface area contributed by atoms with Crippen LogP contribution in [-0.4, -0.2) is 43.0 Å². The van der Waals surface area contributed by atoms with E-state index >= 15 is 0 Å². The van der Waals surface area contributed by atoms with Gasteiger partial charge in [-0.2, -0.15) is 0 Å². The maximum Gasteiger partial charge on any atom is 0.238 e. The van der Waals surface area contributed by atoms with Gasteiger partial charge in [-0.25, -0.2) is 0 Å². The molecule has 0 aliphatic rings. The first-order valence-electron chi connectivity index (χ1n) is 5.71. The van der Waals surface area contributed by atoms with Crippen molar-refractivity contribution in [1.82, 2.24) is 10.2 Å². The molecule has 4 nitrogen and oxygen atoms in total. The molecule has 0 aromatic carbocycles. The second kappa shape index (κ2) is 6.80. The highest BCUT2D eigenvalue weighted by atomic mass is 16.1. The Bertz CT molecular complexity index is 196. The van der Waals surface area contributed by atoms with E-state index in [9.17, 15) is 4.79 Å². The summed E-state index contributed by atoms with van der Waals surface area (Å²) in [6.07, 6.45) is 2.33. The zero-order valence-electron chi connectivity index (χ0n) is 10.5. The van der Waals surface area contributed by atoms with E-state index in [0.717, 1.165) is 19.5 Å². The summed E-state index contributed by atoms with van der Waals surface area (Å²) in [5.74, 6) is -0.292. The molecule has 0 heterocycles. The van der Waals surface area contributed by atoms with E-state index in [4.69, 9.17) is 5.73 Å². The van der Waals surface area contributed by atoms with Crippen molar-refractivity contribution in [3.63, 3.8) is 0 Å². The van der Waals surface area contributed by atoms with Gasteiger partial charge in [0.15, 0.2) is 0 Å². The van der Waals surface area contributed by atoms with Gasteiger partial charge in [0.05, 0.1) is 0 Å². The molecule has 0 aliphatic carbocycles. The highest BCUT2D eigenvalue weighted by Gasteiger charge is 2.30. The van der Waals surface area contributed by atoms with Gasteiger partial charge in [-0.15, -0.1) is 0 Å². The van der Waals surface area contributed by atoms with Crippen LogP contribution in [0.15, 0.2) is 0 Å². The largest absolute Gasteiger partial charge is 0.368 e. The van der Waals surface area contributed by atoms with Gasteiger partial charge in [0.2, 0.25) is 5.91 Å². The van der Waals surface area contributed by atoms with Crippen LogP contribution in [0.25, 0.3) is 0 Å². The van der Waals surface area contributed by atoms with Crippen molar-refractivity contribution >= 4 is 5.91 Å². The molecule has 90 valence electrons. The Hall–Kier alpha value is -0.610. The predicted octanol–water partition coefficient (Wildman–Crippen LogP) is 0.572. The number of rotatable bonds is 8. The molecule has 0 saturated heterocycles. The summed E-state index contributed by atoms with van der Waals surface area (Å²) in [7, 11) is 1.78. The lowest BCUT2D eigenvalue weighted by atomic mass is 10.0. The molecule has 0 rings (SSSR count). The number of amides is 1. The average molecular weight is 215 g/mol. The lowest BCUT2D eigenvalue weighted by molar-refractivity contribution is -0.124. The minimum Gasteiger partial charge on any atom is -0.368 e. The second-order valence-electron chi connectivity index (χ2n) is 4.17. The number of carbonyl (C=O) groups is 1. The quantitative estimate of drug-likeness (QED) is 0.622. The maximum atomic E-state index is 11.3. The summed E-state index contributed by atoms with van der Waals surface area (Å²) in [5.41, 5.74) is 4.76. The van der Waals surface area contributed by atoms with E-state index in [1.54, 1.807) is 7.05 Å². The molecule has 0 spiro atoms. The van der Waals surface area contributed by atoms with Crippen LogP contribution >= 0.6 is 0 Å². The lowest BCUT2D eigenvalue weighted by Gasteiger charge is -2.32. The fraction of sp³-hybridized carbons (Fsp3) is 0.909. The first-order valence-corrected chi connectivity index (χ1v) is 5.71. The molecule has 0 radical (unpaired) electrons. The van der Waals surface area contributed by atoms with Crippen LogP contribution in [0.3, 0.4) is 0 Å². The second-order valence-corrected chi connectivity index (χ2v) is 4.17. The predicted molar refractivity (Wildman–Crippen MR) is 63.7 cm³/mol. The lowest BCUT2D eigenvalue weighted by Crippen LogP contribution is -2.58. The topological polar surface area (TPSA) is 58.4 Å². The molecule has 0 fully saturated rings. The van der Waals surface area contributed by atoms with Gasteiger partial charge in [0.1, 0.15) is 5.54 Å². The van der Waals surface area contributed by atoms with Gasteiger partial charge >= 0.3 is 0 Å². The smallest absolute Gasteiger partial charge is 0.238 e. The molecular formula is C11H25N3O. The number of hydrogen-bond acceptors (Lipinski definition) is 3. The first kappa shape index (κ1) is 14.4. The molecule has 1 atom stereocenters. The van der Waals surface area contributed by atoms with Gasteiger partial charge < -0.3 is 16.0 Å². The first-order chi connectivity index (χ1) is 7.00. The van der Waals surface area contributed by atoms with E-state index < -0.39 is 5.54 Å². The van der Waals surface area contributed by atoms with E-state index in [1.165, 1.54) is 6.42 Å². The van der Waals surface area contributed by atoms with Crippen molar-refractivity contribution in [2.24, 2.45) is 5.73 Å². The summed E-state index contributed by atoms with van der Waals surface area (Å²) in [5, 5.41) is 3.00. The fourth-order valence-electron chi connectivity index (χ4n) is 1.46. The molecule has 0 aromatic rings. The Morgan fingerprint density at radius 1 is 1.47 bits per heavy atom. The Kier molecular flexibility index (Phi) is 6.52. The number of carbonyl (C=O) groups excluding carboxylic acids is 1. The van der Waals surface area contributed by atoms with E-state index in [1.807, 2.05) is 6.92 Å². The number of hydrogen-bond donors (Lipinski definition) is 2. The van der Waals surface area contributed by atoms with Gasteiger partial charge in [-0.05, 0) is 33.5 Å². The Morgan fingerprint density at radius 3 is 2.40 bits per heavy atom. The zero-order chi connectivity index (χ0) is 11.9. The molecular weight excluding hydrogens is 190 g/mol. The Balaban J connectivity index is 4.29. The number of likely N-dealkylation sites (N-methyl/N-ethyl adjacent to an activating group) is 2. The highest BCUT2D eigenvalue weighted by Crippen LogP contribution is 2.06. The van der Waals surface area contributed by atoms with Crippen LogP contribution < -0.4 is 11.1 Å². The molecule has 0 aliphatic heterocycles. The molecule has 15 heavy (non-hydrogen) atoms. The number of unbranched alkanes of at least 4 members (excludes halogenated alkanes) is 1. The summed E-state index contributed by atoms with van der Waals surface area (Å²) in [6.45, 7) is 8.77. The molecule has 4 heteroatoms. The van der Waals surface area contributed by atoms with E-state index in [0.29, 0.717) is 6.54 Å². The van der Waals surface area contributed by atoms with Crippen LogP contribution in [0.5, 0.6) is 0 Å². The summed E-state index contributed by atoms with van der Waals surface area (Å²) in [6, 6.07) is 0. The zero-order valence-corrected chi connectivity index (χ0v) is 10.5. The monoisotopic (exact) mass is 215 g/mol. The van der Waals surface area contributed by atoms with Crippen molar-refractivity contribution in [1.29, 1.82) is 0 Å². The van der Waals surface area contributed by atoms with Crippen LogP contribution in [0, 0.1) is 0 Å². The molecule has 0 saturated carbocycles. The third-order valence-electron chi connectivity index (χ3n) is 2.91. The fourth-order valence-corrected chi connectivity index (χ4v) is 1.46. The third-order valence-corrected chi connectivity index (χ3v) is 2.91. The molecule has 0 bridgehead atoms. The van der Waals surface area contributed by atoms with Crippen molar-refractivity contribution in [3.8, 4) is 0 Å². The number of nitrogens with one attached hydrogen (secondary N) is 1. The number of nitrogens with two attached hydrogens (primary N) is 1. The van der Waals surface area contributed by atoms with E-state index in [-0.39, 0.29) is 5.91 Å². The summed E-state index contributed by atoms with van der Waals surface area (Å²) in [4.78, 5) is 13.6. The van der Waals surface area contributed by atoms with Crippen LogP contribution in [0.4, 0.5) is 0 Å². The average Bonchev–Trinajstić information content (AvgIpc) is 2.23. The summed E-state index contributed by atoms with van der Waals surface area (Å²) < 4.78 is 0. The molecule has 3 N–H and O–H groups in total. The van der Waals surface area contributed by atoms with Crippen molar-refractivity contribution in [2.45, 2.75) is 39.2 Å². The molecule has 1 amide bonds. The normalized spacial score (nSPS) is 15.3. The van der Waals surface area contributed by atoms with Crippen LogP contribution in [-0.2, 0) is 4.79 Å². The van der Waals surface area contributed by atoms with Gasteiger partial charge in [0, 0.05) is 6.54 Å². The van der Waals surface area contributed by atoms with Gasteiger partial charge in [0.25, 0.3) is 0 Å². The van der Waals surface area contributed by atoms with Crippen molar-refractivity contribution in [2.75, 3.05) is 26.7 Å². The Morgan fingerprint density at radius 2 is 2.07 bits per heavy atom.